The van der Waals surface area contributed by atoms with Crippen LogP contribution in [0.5, 0.6) is 0 Å². The Morgan fingerprint density at radius 3 is 2.26 bits per heavy atom. The van der Waals surface area contributed by atoms with Gasteiger partial charge in [-0.1, -0.05) is 56.3 Å². The van der Waals surface area contributed by atoms with Crippen LogP contribution in [0.15, 0.2) is 73.1 Å². The number of pyridine rings is 1. The molecule has 0 unspecified atom stereocenters. The van der Waals surface area contributed by atoms with Crippen LogP contribution in [0.3, 0.4) is 0 Å². The molecule has 0 radical (unpaired) electrons. The summed E-state index contributed by atoms with van der Waals surface area (Å²) in [5.41, 5.74) is 9.89. The summed E-state index contributed by atoms with van der Waals surface area (Å²) in [5, 5.41) is 8.78. The van der Waals surface area contributed by atoms with Gasteiger partial charge in [0.2, 0.25) is 0 Å². The van der Waals surface area contributed by atoms with Crippen LogP contribution in [0, 0.1) is 11.3 Å². The van der Waals surface area contributed by atoms with Gasteiger partial charge >= 0.3 is 0 Å². The third-order valence-electron chi connectivity index (χ3n) is 4.59. The molecule has 2 N–H and O–H groups in total. The fourth-order valence-electron chi connectivity index (χ4n) is 3.19. The van der Waals surface area contributed by atoms with Gasteiger partial charge in [-0.3, -0.25) is 9.78 Å². The molecule has 0 aliphatic rings. The maximum absolute atomic E-state index is 12.1. The van der Waals surface area contributed by atoms with E-state index >= 15 is 0 Å². The number of aromatic nitrogens is 1. The largest absolute Gasteiger partial charge is 0.397 e. The Morgan fingerprint density at radius 1 is 0.968 bits per heavy atom. The predicted octanol–water partition coefficient (Wildman–Crippen LogP) is 5.08. The summed E-state index contributed by atoms with van der Waals surface area (Å²) < 4.78 is 0. The summed E-state index contributed by atoms with van der Waals surface area (Å²) >= 11 is 0. The number of benzene rings is 2. The van der Waals surface area contributed by atoms with Crippen molar-refractivity contribution >= 4 is 11.6 Å². The monoisotopic (exact) mass is 414 g/mol. The minimum atomic E-state index is 0.0171. The maximum Gasteiger partial charge on any atom is 0.255 e. The van der Waals surface area contributed by atoms with Crippen molar-refractivity contribution in [3.63, 3.8) is 0 Å². The Hall–Kier alpha value is -3.65. The molecule has 2 aromatic carbocycles. The van der Waals surface area contributed by atoms with Gasteiger partial charge in [0.1, 0.15) is 0 Å². The topological polar surface area (TPSA) is 83.0 Å². The molecule has 0 saturated carbocycles. The lowest BCUT2D eigenvalue weighted by Gasteiger charge is -2.21. The lowest BCUT2D eigenvalue weighted by atomic mass is 10.0. The molecule has 0 bridgehead atoms. The molecular weight excluding hydrogens is 384 g/mol. The van der Waals surface area contributed by atoms with E-state index < -0.39 is 0 Å². The lowest BCUT2D eigenvalue weighted by molar-refractivity contribution is 0.0755. The molecule has 0 saturated heterocycles. The van der Waals surface area contributed by atoms with Gasteiger partial charge in [0.15, 0.2) is 0 Å². The van der Waals surface area contributed by atoms with E-state index in [-0.39, 0.29) is 5.91 Å². The normalized spacial score (nSPS) is 9.84. The van der Waals surface area contributed by atoms with E-state index in [1.165, 1.54) is 11.1 Å². The van der Waals surface area contributed by atoms with Gasteiger partial charge in [0.05, 0.1) is 22.9 Å². The highest BCUT2D eigenvalue weighted by molar-refractivity contribution is 5.94. The van der Waals surface area contributed by atoms with Crippen molar-refractivity contribution in [1.29, 1.82) is 5.26 Å². The van der Waals surface area contributed by atoms with Gasteiger partial charge in [0.25, 0.3) is 5.91 Å². The first-order chi connectivity index (χ1) is 15.1. The van der Waals surface area contributed by atoms with Crippen molar-refractivity contribution in [3.05, 3.63) is 95.3 Å². The highest BCUT2D eigenvalue weighted by Gasteiger charge is 2.14. The molecule has 5 heteroatoms. The average Bonchev–Trinajstić information content (AvgIpc) is 2.80. The van der Waals surface area contributed by atoms with Gasteiger partial charge in [-0.05, 0) is 48.6 Å². The Kier molecular flexibility index (Phi) is 9.77. The number of anilines is 1. The van der Waals surface area contributed by atoms with E-state index in [0.717, 1.165) is 37.9 Å². The molecule has 31 heavy (non-hydrogen) atoms. The molecule has 0 aliphatic carbocycles. The van der Waals surface area contributed by atoms with Crippen molar-refractivity contribution in [2.75, 3.05) is 18.8 Å². The molecule has 1 heterocycles. The summed E-state index contributed by atoms with van der Waals surface area (Å²) in [6.45, 7) is 5.68. The van der Waals surface area contributed by atoms with E-state index in [2.05, 4.69) is 37.0 Å². The first-order valence-electron chi connectivity index (χ1n) is 10.6. The molecule has 0 fully saturated rings. The quantitative estimate of drug-likeness (QED) is 0.585. The number of hydrogen-bond donors (Lipinski definition) is 1. The molecule has 0 aliphatic heterocycles. The summed E-state index contributed by atoms with van der Waals surface area (Å²) in [6, 6.07) is 21.8. The third-order valence-corrected chi connectivity index (χ3v) is 4.59. The summed E-state index contributed by atoms with van der Waals surface area (Å²) in [5.74, 6) is 0.0171. The smallest absolute Gasteiger partial charge is 0.255 e. The van der Waals surface area contributed by atoms with Gasteiger partial charge < -0.3 is 10.6 Å². The number of rotatable bonds is 7. The molecule has 3 aromatic rings. The zero-order chi connectivity index (χ0) is 22.5. The number of carbonyl (C=O) groups is 1. The second kappa shape index (κ2) is 12.8. The highest BCUT2D eigenvalue weighted by atomic mass is 16.2. The van der Waals surface area contributed by atoms with E-state index in [0.29, 0.717) is 11.3 Å². The number of hydrogen-bond acceptors (Lipinski definition) is 4. The molecule has 1 aromatic heterocycles. The summed E-state index contributed by atoms with van der Waals surface area (Å²) in [6.07, 6.45) is 5.91. The van der Waals surface area contributed by atoms with Crippen molar-refractivity contribution < 1.29 is 4.79 Å². The van der Waals surface area contributed by atoms with Crippen molar-refractivity contribution in [3.8, 4) is 6.07 Å². The average molecular weight is 415 g/mol. The van der Waals surface area contributed by atoms with Gasteiger partial charge in [-0.15, -0.1) is 0 Å². The maximum atomic E-state index is 12.1. The SMILES string of the molecule is CCCN(CCC)C(=O)c1cncc(N)c1.N#Cc1cccc(Cc2ccccc2)c1. The van der Waals surface area contributed by atoms with Gasteiger partial charge in [-0.2, -0.15) is 5.26 Å². The second-order valence-corrected chi connectivity index (χ2v) is 7.27. The zero-order valence-corrected chi connectivity index (χ0v) is 18.3. The van der Waals surface area contributed by atoms with Gasteiger partial charge in [0, 0.05) is 25.5 Å². The van der Waals surface area contributed by atoms with Crippen LogP contribution in [0.4, 0.5) is 5.69 Å². The van der Waals surface area contributed by atoms with Crippen LogP contribution < -0.4 is 5.73 Å². The highest BCUT2D eigenvalue weighted by Crippen LogP contribution is 2.11. The fourth-order valence-corrected chi connectivity index (χ4v) is 3.19. The molecule has 3 rings (SSSR count). The van der Waals surface area contributed by atoms with Crippen LogP contribution in [0.25, 0.3) is 0 Å². The van der Waals surface area contributed by atoms with Gasteiger partial charge in [-0.25, -0.2) is 0 Å². The number of nitriles is 1. The molecule has 160 valence electrons. The zero-order valence-electron chi connectivity index (χ0n) is 18.3. The van der Waals surface area contributed by atoms with Crippen molar-refractivity contribution in [2.24, 2.45) is 0 Å². The molecule has 0 atom stereocenters. The van der Waals surface area contributed by atoms with Crippen molar-refractivity contribution in [1.82, 2.24) is 9.88 Å². The minimum Gasteiger partial charge on any atom is -0.397 e. The number of carbonyl (C=O) groups excluding carboxylic acids is 1. The van der Waals surface area contributed by atoms with E-state index in [1.54, 1.807) is 18.5 Å². The van der Waals surface area contributed by atoms with E-state index in [1.807, 2.05) is 47.4 Å². The number of amides is 1. The van der Waals surface area contributed by atoms with E-state index in [9.17, 15) is 4.79 Å². The Labute approximate surface area is 185 Å². The number of nitrogen functional groups attached to an aromatic ring is 1. The Morgan fingerprint density at radius 2 is 1.65 bits per heavy atom. The molecule has 1 amide bonds. The molecule has 5 nitrogen and oxygen atoms in total. The Bertz CT molecular complexity index is 990. The Balaban J connectivity index is 0.000000220. The summed E-state index contributed by atoms with van der Waals surface area (Å²) in [7, 11) is 0. The predicted molar refractivity (Wildman–Crippen MR) is 126 cm³/mol. The first kappa shape index (κ1) is 23.6. The van der Waals surface area contributed by atoms with Crippen LogP contribution in [-0.4, -0.2) is 28.9 Å². The van der Waals surface area contributed by atoms with Crippen LogP contribution in [0.1, 0.15) is 53.7 Å². The number of nitrogens with two attached hydrogens (primary N) is 1. The first-order valence-corrected chi connectivity index (χ1v) is 10.6. The van der Waals surface area contributed by atoms with E-state index in [4.69, 9.17) is 11.0 Å². The van der Waals surface area contributed by atoms with Crippen molar-refractivity contribution in [2.45, 2.75) is 33.1 Å². The third kappa shape index (κ3) is 7.94. The van der Waals surface area contributed by atoms with Crippen LogP contribution >= 0.6 is 0 Å². The fraction of sp³-hybridized carbons (Fsp3) is 0.269. The molecular formula is C26H30N4O. The second-order valence-electron chi connectivity index (χ2n) is 7.27. The minimum absolute atomic E-state index is 0.0171. The molecule has 0 spiro atoms. The lowest BCUT2D eigenvalue weighted by Crippen LogP contribution is -2.32. The van der Waals surface area contributed by atoms with Crippen LogP contribution in [0.2, 0.25) is 0 Å². The summed E-state index contributed by atoms with van der Waals surface area (Å²) in [4.78, 5) is 17.9. The standard InChI is InChI=1S/C14H11N.C12H19N3O/c15-11-14-8-4-7-13(10-14)9-12-5-2-1-3-6-12;1-3-5-15(6-4-2)12(16)10-7-11(13)9-14-8-10/h1-8,10H,9H2;7-9H,3-6,13H2,1-2H3. The van der Waals surface area contributed by atoms with Crippen LogP contribution in [-0.2, 0) is 6.42 Å². The number of nitrogens with zero attached hydrogens (tertiary/aromatic N) is 3.